The van der Waals surface area contributed by atoms with E-state index in [1.165, 1.54) is 20.3 Å². The molecule has 250 valence electrons. The Balaban J connectivity index is 1.66. The first-order valence-electron chi connectivity index (χ1n) is 15.0. The smallest absolute Gasteiger partial charge is 0.247 e. The summed E-state index contributed by atoms with van der Waals surface area (Å²) in [5.74, 6) is 0.998. The lowest BCUT2D eigenvalue weighted by atomic mass is 10.0. The first-order valence-corrected chi connectivity index (χ1v) is 15.7. The third-order valence-corrected chi connectivity index (χ3v) is 9.05. The van der Waals surface area contributed by atoms with Gasteiger partial charge in [0.05, 0.1) is 54.1 Å². The Labute approximate surface area is 289 Å². The molecular weight excluding hydrogens is 655 g/mol. The molecule has 0 atom stereocenters. The molecule has 3 heterocycles. The quantitative estimate of drug-likeness (QED) is 0.147. The summed E-state index contributed by atoms with van der Waals surface area (Å²) in [5.41, 5.74) is 5.77. The van der Waals surface area contributed by atoms with Crippen molar-refractivity contribution < 1.29 is 23.8 Å². The number of ether oxygens (including phenoxy) is 3. The maximum Gasteiger partial charge on any atom is 0.247 e. The van der Waals surface area contributed by atoms with Gasteiger partial charge in [0.25, 0.3) is 0 Å². The monoisotopic (exact) mass is 690 g/mol. The third kappa shape index (κ3) is 6.43. The number of carbonyl (C=O) groups is 2. The van der Waals surface area contributed by atoms with Gasteiger partial charge in [-0.3, -0.25) is 19.0 Å². The fraction of sp³-hybridized carbons (Fsp3) is 0.257. The van der Waals surface area contributed by atoms with E-state index >= 15 is 0 Å². The number of carbonyl (C=O) groups excluding carboxylic acids is 2. The molecule has 0 unspecified atom stereocenters. The predicted octanol–water partition coefficient (Wildman–Crippen LogP) is 6.63. The largest absolute Gasteiger partial charge is 0.496 e. The molecular formula is C35H36Cl2N6O5. The average Bonchev–Trinajstić information content (AvgIpc) is 3.58. The number of aromatic nitrogens is 2. The third-order valence-electron chi connectivity index (χ3n) is 8.30. The Kier molecular flexibility index (Phi) is 10.3. The number of hydrogen-bond donors (Lipinski definition) is 1. The lowest BCUT2D eigenvalue weighted by Gasteiger charge is -2.36. The number of halogens is 2. The number of pyridine rings is 1. The van der Waals surface area contributed by atoms with Crippen molar-refractivity contribution in [3.63, 3.8) is 0 Å². The van der Waals surface area contributed by atoms with E-state index in [0.717, 1.165) is 16.9 Å². The van der Waals surface area contributed by atoms with Crippen LogP contribution in [0.15, 0.2) is 54.3 Å². The van der Waals surface area contributed by atoms with Crippen molar-refractivity contribution in [2.45, 2.75) is 13.8 Å². The van der Waals surface area contributed by atoms with Crippen LogP contribution in [0.3, 0.4) is 0 Å². The number of fused-ring (bicyclic) bond motifs is 1. The summed E-state index contributed by atoms with van der Waals surface area (Å²) in [6, 6.07) is 7.25. The number of piperazine rings is 1. The van der Waals surface area contributed by atoms with Gasteiger partial charge in [0, 0.05) is 74.3 Å². The van der Waals surface area contributed by atoms with Crippen molar-refractivity contribution in [3.05, 3.63) is 76.2 Å². The summed E-state index contributed by atoms with van der Waals surface area (Å²) >= 11 is 13.6. The van der Waals surface area contributed by atoms with Crippen LogP contribution in [-0.4, -0.2) is 80.3 Å². The number of rotatable bonds is 10. The van der Waals surface area contributed by atoms with Gasteiger partial charge in [-0.2, -0.15) is 0 Å². The molecule has 2 aromatic carbocycles. The molecule has 2 amide bonds. The van der Waals surface area contributed by atoms with Gasteiger partial charge in [-0.25, -0.2) is 4.98 Å². The Morgan fingerprint density at radius 2 is 1.62 bits per heavy atom. The molecule has 0 radical (unpaired) electrons. The number of methoxy groups -OCH3 is 3. The highest BCUT2D eigenvalue weighted by atomic mass is 35.5. The lowest BCUT2D eigenvalue weighted by molar-refractivity contribution is -0.129. The maximum atomic E-state index is 12.6. The van der Waals surface area contributed by atoms with Crippen LogP contribution in [0.1, 0.15) is 23.7 Å². The fourth-order valence-corrected chi connectivity index (χ4v) is 6.52. The van der Waals surface area contributed by atoms with E-state index in [1.807, 2.05) is 41.8 Å². The number of aryl methyl sites for hydroxylation is 1. The van der Waals surface area contributed by atoms with Gasteiger partial charge in [0.1, 0.15) is 22.9 Å². The first kappa shape index (κ1) is 34.3. The van der Waals surface area contributed by atoms with Gasteiger partial charge >= 0.3 is 0 Å². The van der Waals surface area contributed by atoms with Crippen molar-refractivity contribution in [1.29, 1.82) is 0 Å². The summed E-state index contributed by atoms with van der Waals surface area (Å²) in [4.78, 5) is 37.4. The number of anilines is 2. The molecule has 0 bridgehead atoms. The van der Waals surface area contributed by atoms with Crippen LogP contribution in [0.25, 0.3) is 28.5 Å². The zero-order valence-electron chi connectivity index (χ0n) is 27.4. The molecule has 1 fully saturated rings. The summed E-state index contributed by atoms with van der Waals surface area (Å²) in [6.45, 7) is 13.3. The minimum Gasteiger partial charge on any atom is -0.496 e. The number of imidazole rings is 1. The Hall–Kier alpha value is -5.00. The van der Waals surface area contributed by atoms with Gasteiger partial charge < -0.3 is 29.3 Å². The van der Waals surface area contributed by atoms with Crippen LogP contribution < -0.4 is 24.4 Å². The number of benzene rings is 2. The average molecular weight is 692 g/mol. The van der Waals surface area contributed by atoms with Crippen LogP contribution in [0, 0.1) is 6.92 Å². The zero-order valence-corrected chi connectivity index (χ0v) is 28.9. The predicted molar refractivity (Wildman–Crippen MR) is 192 cm³/mol. The van der Waals surface area contributed by atoms with Crippen molar-refractivity contribution in [3.8, 4) is 28.4 Å². The molecule has 4 aromatic rings. The Morgan fingerprint density at radius 3 is 2.19 bits per heavy atom. The van der Waals surface area contributed by atoms with Crippen LogP contribution in [0.2, 0.25) is 10.0 Å². The van der Waals surface area contributed by atoms with Crippen molar-refractivity contribution in [2.24, 2.45) is 4.99 Å². The second kappa shape index (κ2) is 14.4. The molecule has 0 spiro atoms. The van der Waals surface area contributed by atoms with E-state index in [2.05, 4.69) is 33.5 Å². The highest BCUT2D eigenvalue weighted by Gasteiger charge is 2.25. The van der Waals surface area contributed by atoms with E-state index in [4.69, 9.17) is 37.4 Å². The molecule has 1 aliphatic heterocycles. The molecule has 13 heteroatoms. The van der Waals surface area contributed by atoms with E-state index in [0.29, 0.717) is 87.2 Å². The maximum absolute atomic E-state index is 12.6. The number of amides is 2. The molecule has 48 heavy (non-hydrogen) atoms. The van der Waals surface area contributed by atoms with Gasteiger partial charge in [-0.05, 0) is 43.5 Å². The first-order chi connectivity index (χ1) is 23.1. The summed E-state index contributed by atoms with van der Waals surface area (Å²) in [7, 11) is 4.62. The van der Waals surface area contributed by atoms with E-state index < -0.39 is 0 Å². The van der Waals surface area contributed by atoms with Gasteiger partial charge in [0.2, 0.25) is 11.8 Å². The molecule has 1 aliphatic rings. The van der Waals surface area contributed by atoms with Crippen LogP contribution >= 0.6 is 23.2 Å². The molecule has 1 saturated heterocycles. The number of hydrogen-bond acceptors (Lipinski definition) is 8. The normalized spacial score (nSPS) is 13.4. The molecule has 1 N–H and O–H groups in total. The van der Waals surface area contributed by atoms with Crippen LogP contribution in [0.4, 0.5) is 11.4 Å². The zero-order chi connectivity index (χ0) is 34.7. The van der Waals surface area contributed by atoms with Gasteiger partial charge in [-0.15, -0.1) is 0 Å². The minimum atomic E-state index is -0.370. The second-order valence-electron chi connectivity index (χ2n) is 11.0. The fourth-order valence-electron chi connectivity index (χ4n) is 5.82. The van der Waals surface area contributed by atoms with Crippen LogP contribution in [-0.2, 0) is 9.59 Å². The van der Waals surface area contributed by atoms with Crippen molar-refractivity contribution in [1.82, 2.24) is 14.3 Å². The topological polar surface area (TPSA) is 110 Å². The number of nitrogens with zero attached hydrogens (tertiary/aromatic N) is 5. The standard InChI is InChI=1S/C35H36Cl2N6O5/c1-8-31(45)40-25-16-22(28(46-5)18-27(25)42-13-11-41(12-14-42)21(3)44)24(38-4)17-26-20(2)15-23(35-39-9-10-43(26)35)32-33(36)29(47-6)19-30(48-7)34(32)37/h8-10,15-19H,1,4,11-14H2,2-3,5-7H3,(H,40,45)/b24-17-. The summed E-state index contributed by atoms with van der Waals surface area (Å²) in [6.07, 6.45) is 6.59. The molecule has 0 saturated carbocycles. The molecule has 5 rings (SSSR count). The van der Waals surface area contributed by atoms with Crippen molar-refractivity contribution in [2.75, 3.05) is 57.7 Å². The van der Waals surface area contributed by atoms with Crippen molar-refractivity contribution >= 4 is 70.5 Å². The molecule has 0 aliphatic carbocycles. The van der Waals surface area contributed by atoms with Gasteiger partial charge in [0.15, 0.2) is 0 Å². The number of aliphatic imine (C=N–C) groups is 1. The summed E-state index contributed by atoms with van der Waals surface area (Å²) in [5, 5.41) is 3.58. The molecule has 11 nitrogen and oxygen atoms in total. The van der Waals surface area contributed by atoms with E-state index in [9.17, 15) is 9.59 Å². The Morgan fingerprint density at radius 1 is 0.979 bits per heavy atom. The Bertz CT molecular complexity index is 1930. The highest BCUT2D eigenvalue weighted by molar-refractivity contribution is 6.41. The highest BCUT2D eigenvalue weighted by Crippen LogP contribution is 2.47. The van der Waals surface area contributed by atoms with Gasteiger partial charge in [-0.1, -0.05) is 29.8 Å². The van der Waals surface area contributed by atoms with E-state index in [-0.39, 0.29) is 11.8 Å². The number of nitrogens with one attached hydrogen (secondary N) is 1. The minimum absolute atomic E-state index is 0.0272. The van der Waals surface area contributed by atoms with E-state index in [1.54, 1.807) is 31.2 Å². The van der Waals surface area contributed by atoms with Crippen LogP contribution in [0.5, 0.6) is 17.2 Å². The summed E-state index contributed by atoms with van der Waals surface area (Å²) < 4.78 is 18.8. The SMILES string of the molecule is C=CC(=O)Nc1cc(/C(=C/c2c(C)cc(-c3c(Cl)c(OC)cc(OC)c3Cl)c3nccn23)N=C)c(OC)cc1N1CCN(C(C)=O)CC1. The lowest BCUT2D eigenvalue weighted by Crippen LogP contribution is -2.48. The molecule has 2 aromatic heterocycles. The second-order valence-corrected chi connectivity index (χ2v) is 11.7.